The zero-order valence-corrected chi connectivity index (χ0v) is 16.0. The van der Waals surface area contributed by atoms with Crippen molar-refractivity contribution in [2.75, 3.05) is 17.9 Å². The van der Waals surface area contributed by atoms with Crippen LogP contribution >= 0.6 is 0 Å². The zero-order valence-electron chi connectivity index (χ0n) is 15.2. The summed E-state index contributed by atoms with van der Waals surface area (Å²) in [6, 6.07) is 12.2. The number of aryl methyl sites for hydroxylation is 1. The molecule has 2 aromatic rings. The highest BCUT2D eigenvalue weighted by molar-refractivity contribution is 7.92. The van der Waals surface area contributed by atoms with Crippen LogP contribution in [0.2, 0.25) is 0 Å². The van der Waals surface area contributed by atoms with Crippen LogP contribution in [0.4, 0.5) is 5.69 Å². The third kappa shape index (κ3) is 6.10. The van der Waals surface area contributed by atoms with E-state index >= 15 is 0 Å². The van der Waals surface area contributed by atoms with Crippen LogP contribution in [0, 0.1) is 6.92 Å². The van der Waals surface area contributed by atoms with Crippen LogP contribution < -0.4 is 10.0 Å². The van der Waals surface area contributed by atoms with E-state index in [0.29, 0.717) is 12.2 Å². The smallest absolute Gasteiger partial charge is 0.338 e. The molecule has 0 saturated carbocycles. The van der Waals surface area contributed by atoms with Crippen molar-refractivity contribution >= 4 is 27.6 Å². The Morgan fingerprint density at radius 2 is 1.63 bits per heavy atom. The van der Waals surface area contributed by atoms with Crippen molar-refractivity contribution in [1.29, 1.82) is 0 Å². The number of sulfonamides is 1. The largest absolute Gasteiger partial charge is 0.452 e. The summed E-state index contributed by atoms with van der Waals surface area (Å²) in [5, 5.41) is 2.59. The molecule has 0 bridgehead atoms. The number of ether oxygens (including phenoxy) is 1. The topological polar surface area (TPSA) is 102 Å². The van der Waals surface area contributed by atoms with Crippen molar-refractivity contribution in [3.63, 3.8) is 0 Å². The molecule has 0 spiro atoms. The number of amides is 1. The van der Waals surface area contributed by atoms with E-state index in [4.69, 9.17) is 4.74 Å². The summed E-state index contributed by atoms with van der Waals surface area (Å²) in [5.41, 5.74) is 1.62. The van der Waals surface area contributed by atoms with Gasteiger partial charge in [-0.2, -0.15) is 0 Å². The molecule has 1 amide bonds. The Hall–Kier alpha value is -2.87. The number of carbonyl (C=O) groups excluding carboxylic acids is 2. The fourth-order valence-electron chi connectivity index (χ4n) is 2.14. The molecule has 0 atom stereocenters. The van der Waals surface area contributed by atoms with E-state index < -0.39 is 16.0 Å². The van der Waals surface area contributed by atoms with Crippen molar-refractivity contribution < 1.29 is 22.7 Å². The van der Waals surface area contributed by atoms with Crippen LogP contribution in [0.15, 0.2) is 53.4 Å². The predicted molar refractivity (Wildman–Crippen MR) is 102 cm³/mol. The van der Waals surface area contributed by atoms with Gasteiger partial charge < -0.3 is 10.1 Å². The van der Waals surface area contributed by atoms with Gasteiger partial charge in [0.15, 0.2) is 6.61 Å². The Kier molecular flexibility index (Phi) is 6.95. The number of esters is 1. The molecule has 0 saturated heterocycles. The van der Waals surface area contributed by atoms with Crippen LogP contribution in [0.1, 0.15) is 29.3 Å². The first kappa shape index (κ1) is 20.4. The minimum atomic E-state index is -3.77. The molecular weight excluding hydrogens is 368 g/mol. The van der Waals surface area contributed by atoms with Gasteiger partial charge in [0, 0.05) is 12.2 Å². The molecule has 0 heterocycles. The molecule has 2 rings (SSSR count). The number of benzene rings is 2. The Morgan fingerprint density at radius 3 is 2.22 bits per heavy atom. The van der Waals surface area contributed by atoms with Crippen molar-refractivity contribution in [1.82, 2.24) is 5.32 Å². The van der Waals surface area contributed by atoms with Gasteiger partial charge in [-0.25, -0.2) is 13.2 Å². The summed E-state index contributed by atoms with van der Waals surface area (Å²) in [6.07, 6.45) is 0.784. The maximum atomic E-state index is 12.4. The van der Waals surface area contributed by atoms with E-state index in [1.54, 1.807) is 24.3 Å². The first-order chi connectivity index (χ1) is 12.8. The van der Waals surface area contributed by atoms with Crippen LogP contribution in [0.5, 0.6) is 0 Å². The normalized spacial score (nSPS) is 10.9. The van der Waals surface area contributed by atoms with Gasteiger partial charge in [0.25, 0.3) is 15.9 Å². The lowest BCUT2D eigenvalue weighted by Crippen LogP contribution is -2.29. The monoisotopic (exact) mass is 390 g/mol. The van der Waals surface area contributed by atoms with E-state index in [1.165, 1.54) is 24.3 Å². The quantitative estimate of drug-likeness (QED) is 0.674. The number of rotatable bonds is 8. The lowest BCUT2D eigenvalue weighted by Gasteiger charge is -2.09. The van der Waals surface area contributed by atoms with Gasteiger partial charge in [0.2, 0.25) is 0 Å². The van der Waals surface area contributed by atoms with Crippen molar-refractivity contribution in [3.05, 3.63) is 59.7 Å². The third-order valence-corrected chi connectivity index (χ3v) is 5.01. The number of anilines is 1. The number of hydrogen-bond acceptors (Lipinski definition) is 5. The van der Waals surface area contributed by atoms with Crippen LogP contribution in [-0.4, -0.2) is 33.4 Å². The van der Waals surface area contributed by atoms with Crippen molar-refractivity contribution in [2.24, 2.45) is 0 Å². The highest BCUT2D eigenvalue weighted by Gasteiger charge is 2.16. The average molecular weight is 390 g/mol. The SMILES string of the molecule is CCCNC(=O)COC(=O)c1ccc(S(=O)(=O)Nc2ccc(C)cc2)cc1. The van der Waals surface area contributed by atoms with E-state index in [2.05, 4.69) is 10.0 Å². The van der Waals surface area contributed by atoms with Gasteiger partial charge in [-0.3, -0.25) is 9.52 Å². The van der Waals surface area contributed by atoms with Crippen LogP contribution in [0.3, 0.4) is 0 Å². The number of carbonyl (C=O) groups is 2. The van der Waals surface area contributed by atoms with E-state index in [1.807, 2.05) is 13.8 Å². The molecule has 0 aromatic heterocycles. The van der Waals surface area contributed by atoms with Gasteiger partial charge in [0.05, 0.1) is 10.5 Å². The third-order valence-electron chi connectivity index (χ3n) is 3.61. The molecular formula is C19H22N2O5S. The second-order valence-corrected chi connectivity index (χ2v) is 7.60. The molecule has 7 nitrogen and oxygen atoms in total. The second kappa shape index (κ2) is 9.18. The molecule has 27 heavy (non-hydrogen) atoms. The highest BCUT2D eigenvalue weighted by Crippen LogP contribution is 2.17. The molecule has 0 aliphatic heterocycles. The first-order valence-corrected chi connectivity index (χ1v) is 9.93. The van der Waals surface area contributed by atoms with Crippen molar-refractivity contribution in [2.45, 2.75) is 25.2 Å². The molecule has 0 radical (unpaired) electrons. The maximum absolute atomic E-state index is 12.4. The van der Waals surface area contributed by atoms with Crippen LogP contribution in [-0.2, 0) is 19.6 Å². The minimum Gasteiger partial charge on any atom is -0.452 e. The van der Waals surface area contributed by atoms with Gasteiger partial charge >= 0.3 is 5.97 Å². The molecule has 0 aliphatic carbocycles. The van der Waals surface area contributed by atoms with Gasteiger partial charge in [-0.05, 0) is 49.7 Å². The molecule has 8 heteroatoms. The summed E-state index contributed by atoms with van der Waals surface area (Å²) in [5.74, 6) is -1.08. The predicted octanol–water partition coefficient (Wildman–Crippen LogP) is 2.48. The second-order valence-electron chi connectivity index (χ2n) is 5.92. The number of hydrogen-bond donors (Lipinski definition) is 2. The van der Waals surface area contributed by atoms with E-state index in [9.17, 15) is 18.0 Å². The Balaban J connectivity index is 1.99. The number of nitrogens with one attached hydrogen (secondary N) is 2. The Bertz CT molecular complexity index is 891. The summed E-state index contributed by atoms with van der Waals surface area (Å²) in [6.45, 7) is 3.95. The summed E-state index contributed by atoms with van der Waals surface area (Å²) < 4.78 is 32.2. The van der Waals surface area contributed by atoms with Crippen molar-refractivity contribution in [3.8, 4) is 0 Å². The molecule has 144 valence electrons. The van der Waals surface area contributed by atoms with E-state index in [-0.39, 0.29) is 23.0 Å². The highest BCUT2D eigenvalue weighted by atomic mass is 32.2. The summed E-state index contributed by atoms with van der Waals surface area (Å²) >= 11 is 0. The Morgan fingerprint density at radius 1 is 1.00 bits per heavy atom. The molecule has 0 aliphatic rings. The fourth-order valence-corrected chi connectivity index (χ4v) is 3.19. The fraction of sp³-hybridized carbons (Fsp3) is 0.263. The van der Waals surface area contributed by atoms with Crippen LogP contribution in [0.25, 0.3) is 0 Å². The summed E-state index contributed by atoms with van der Waals surface area (Å²) in [7, 11) is -3.77. The molecule has 0 fully saturated rings. The standard InChI is InChI=1S/C19H22N2O5S/c1-3-12-20-18(22)13-26-19(23)15-6-10-17(11-7-15)27(24,25)21-16-8-4-14(2)5-9-16/h4-11,21H,3,12-13H2,1-2H3,(H,20,22). The summed E-state index contributed by atoms with van der Waals surface area (Å²) in [4.78, 5) is 23.4. The lowest BCUT2D eigenvalue weighted by molar-refractivity contribution is -0.124. The van der Waals surface area contributed by atoms with Gasteiger partial charge in [-0.1, -0.05) is 24.6 Å². The Labute approximate surface area is 158 Å². The molecule has 2 N–H and O–H groups in total. The maximum Gasteiger partial charge on any atom is 0.338 e. The first-order valence-electron chi connectivity index (χ1n) is 8.45. The zero-order chi connectivity index (χ0) is 19.9. The van der Waals surface area contributed by atoms with Gasteiger partial charge in [0.1, 0.15) is 0 Å². The molecule has 2 aromatic carbocycles. The minimum absolute atomic E-state index is 0.0142. The molecule has 0 unspecified atom stereocenters. The van der Waals surface area contributed by atoms with Gasteiger partial charge in [-0.15, -0.1) is 0 Å². The lowest BCUT2D eigenvalue weighted by atomic mass is 10.2. The average Bonchev–Trinajstić information content (AvgIpc) is 2.66. The van der Waals surface area contributed by atoms with E-state index in [0.717, 1.165) is 12.0 Å².